The van der Waals surface area contributed by atoms with Crippen LogP contribution >= 0.6 is 0 Å². The molecule has 2 unspecified atom stereocenters. The first-order chi connectivity index (χ1) is 8.93. The molecular formula is C15H27N3O. The molecule has 1 aromatic rings. The molecule has 19 heavy (non-hydrogen) atoms. The van der Waals surface area contributed by atoms with E-state index in [0.717, 1.165) is 12.2 Å². The molecule has 1 saturated carbocycles. The number of aromatic nitrogens is 2. The maximum atomic E-state index is 6.04. The summed E-state index contributed by atoms with van der Waals surface area (Å²) in [5, 5.41) is 4.18. The molecule has 2 N–H and O–H groups in total. The molecule has 0 bridgehead atoms. The maximum absolute atomic E-state index is 6.04. The molecule has 1 aliphatic carbocycles. The molecule has 0 saturated heterocycles. The fraction of sp³-hybridized carbons (Fsp3) is 0.867. The lowest BCUT2D eigenvalue weighted by Crippen LogP contribution is -2.26. The van der Waals surface area contributed by atoms with Crippen LogP contribution in [0.2, 0.25) is 0 Å². The summed E-state index contributed by atoms with van der Waals surface area (Å²) in [6.45, 7) is 8.83. The van der Waals surface area contributed by atoms with Crippen molar-refractivity contribution in [3.05, 3.63) is 11.7 Å². The fourth-order valence-corrected chi connectivity index (χ4v) is 2.79. The van der Waals surface area contributed by atoms with Crippen LogP contribution in [-0.4, -0.2) is 16.2 Å². The summed E-state index contributed by atoms with van der Waals surface area (Å²) < 4.78 is 5.41. The van der Waals surface area contributed by atoms with Gasteiger partial charge in [-0.2, -0.15) is 4.98 Å². The van der Waals surface area contributed by atoms with Crippen LogP contribution in [0.3, 0.4) is 0 Å². The summed E-state index contributed by atoms with van der Waals surface area (Å²) in [5.74, 6) is 2.21. The Balaban J connectivity index is 2.02. The Labute approximate surface area is 116 Å². The quantitative estimate of drug-likeness (QED) is 0.903. The Hall–Kier alpha value is -0.900. The molecule has 2 atom stereocenters. The van der Waals surface area contributed by atoms with Gasteiger partial charge in [0.2, 0.25) is 5.89 Å². The van der Waals surface area contributed by atoms with E-state index in [-0.39, 0.29) is 12.0 Å². The van der Waals surface area contributed by atoms with E-state index in [2.05, 4.69) is 37.8 Å². The first kappa shape index (κ1) is 14.5. The van der Waals surface area contributed by atoms with Crippen molar-refractivity contribution in [3.63, 3.8) is 0 Å². The van der Waals surface area contributed by atoms with Gasteiger partial charge in [0, 0.05) is 12.0 Å². The molecule has 4 heteroatoms. The monoisotopic (exact) mass is 265 g/mol. The second-order valence-corrected chi connectivity index (χ2v) is 6.79. The van der Waals surface area contributed by atoms with Gasteiger partial charge in [0.1, 0.15) is 0 Å². The van der Waals surface area contributed by atoms with E-state index in [4.69, 9.17) is 10.3 Å². The number of nitrogens with zero attached hydrogens (tertiary/aromatic N) is 2. The van der Waals surface area contributed by atoms with Gasteiger partial charge in [-0.15, -0.1) is 0 Å². The predicted octanol–water partition coefficient (Wildman–Crippen LogP) is 3.59. The number of rotatable bonds is 4. The largest absolute Gasteiger partial charge is 0.339 e. The Morgan fingerprint density at radius 1 is 1.37 bits per heavy atom. The molecule has 0 amide bonds. The van der Waals surface area contributed by atoms with Crippen molar-refractivity contribution in [1.82, 2.24) is 10.1 Å². The lowest BCUT2D eigenvalue weighted by Gasteiger charge is -2.32. The average Bonchev–Trinajstić information content (AvgIpc) is 2.86. The summed E-state index contributed by atoms with van der Waals surface area (Å²) in [7, 11) is 0. The predicted molar refractivity (Wildman–Crippen MR) is 76.0 cm³/mol. The van der Waals surface area contributed by atoms with Crippen LogP contribution in [0.1, 0.15) is 83.3 Å². The first-order valence-corrected chi connectivity index (χ1v) is 7.52. The van der Waals surface area contributed by atoms with Gasteiger partial charge in [0.05, 0.1) is 5.92 Å². The molecule has 0 spiro atoms. The van der Waals surface area contributed by atoms with E-state index in [0.29, 0.717) is 17.2 Å². The van der Waals surface area contributed by atoms with Gasteiger partial charge in [0.15, 0.2) is 5.82 Å². The Morgan fingerprint density at radius 3 is 2.58 bits per heavy atom. The van der Waals surface area contributed by atoms with Crippen LogP contribution in [-0.2, 0) is 0 Å². The van der Waals surface area contributed by atoms with Crippen LogP contribution in [0, 0.1) is 5.41 Å². The molecule has 0 aromatic carbocycles. The van der Waals surface area contributed by atoms with Crippen LogP contribution in [0.15, 0.2) is 4.52 Å². The lowest BCUT2D eigenvalue weighted by atomic mass is 9.73. The Morgan fingerprint density at radius 2 is 2.00 bits per heavy atom. The van der Waals surface area contributed by atoms with E-state index in [1.165, 1.54) is 25.7 Å². The Bertz CT molecular complexity index is 403. The third-order valence-electron chi connectivity index (χ3n) is 4.66. The van der Waals surface area contributed by atoms with E-state index >= 15 is 0 Å². The highest BCUT2D eigenvalue weighted by Gasteiger charge is 2.31. The van der Waals surface area contributed by atoms with Gasteiger partial charge in [-0.05, 0) is 37.5 Å². The van der Waals surface area contributed by atoms with Crippen molar-refractivity contribution >= 4 is 0 Å². The number of nitrogens with two attached hydrogens (primary N) is 1. The lowest BCUT2D eigenvalue weighted by molar-refractivity contribution is 0.218. The van der Waals surface area contributed by atoms with Gasteiger partial charge in [-0.25, -0.2) is 0 Å². The highest BCUT2D eigenvalue weighted by Crippen LogP contribution is 2.41. The van der Waals surface area contributed by atoms with Crippen LogP contribution in [0.25, 0.3) is 0 Å². The molecular weight excluding hydrogens is 238 g/mol. The second-order valence-electron chi connectivity index (χ2n) is 6.79. The summed E-state index contributed by atoms with van der Waals surface area (Å²) in [4.78, 5) is 4.59. The maximum Gasteiger partial charge on any atom is 0.231 e. The van der Waals surface area contributed by atoms with Crippen LogP contribution < -0.4 is 5.73 Å². The molecule has 4 nitrogen and oxygen atoms in total. The van der Waals surface area contributed by atoms with Crippen molar-refractivity contribution in [3.8, 4) is 0 Å². The van der Waals surface area contributed by atoms with Gasteiger partial charge < -0.3 is 10.3 Å². The van der Waals surface area contributed by atoms with Gasteiger partial charge >= 0.3 is 0 Å². The third kappa shape index (κ3) is 3.35. The molecule has 1 aromatic heterocycles. The number of hydrogen-bond acceptors (Lipinski definition) is 4. The molecule has 0 radical (unpaired) electrons. The van der Waals surface area contributed by atoms with Crippen LogP contribution in [0.5, 0.6) is 0 Å². The molecule has 108 valence electrons. The smallest absolute Gasteiger partial charge is 0.231 e. The van der Waals surface area contributed by atoms with Gasteiger partial charge in [-0.3, -0.25) is 0 Å². The van der Waals surface area contributed by atoms with E-state index in [1.54, 1.807) is 0 Å². The highest BCUT2D eigenvalue weighted by atomic mass is 16.5. The summed E-state index contributed by atoms with van der Waals surface area (Å²) >= 11 is 0. The van der Waals surface area contributed by atoms with E-state index in [1.807, 2.05) is 0 Å². The highest BCUT2D eigenvalue weighted by molar-refractivity contribution is 5.02. The minimum absolute atomic E-state index is 0.0959. The van der Waals surface area contributed by atoms with Crippen LogP contribution in [0.4, 0.5) is 0 Å². The molecule has 1 aliphatic rings. The van der Waals surface area contributed by atoms with Crippen molar-refractivity contribution in [1.29, 1.82) is 0 Å². The zero-order chi connectivity index (χ0) is 14.0. The summed E-state index contributed by atoms with van der Waals surface area (Å²) in [6.07, 6.45) is 5.74. The molecule has 0 aliphatic heterocycles. The van der Waals surface area contributed by atoms with E-state index in [9.17, 15) is 0 Å². The average molecular weight is 265 g/mol. The van der Waals surface area contributed by atoms with Crippen molar-refractivity contribution in [2.24, 2.45) is 11.1 Å². The summed E-state index contributed by atoms with van der Waals surface area (Å²) in [6, 6.07) is 0.0959. The standard InChI is InChI=1S/C15H27N3O/c1-5-12(16)10(2)14-17-13(18-19-14)11-6-8-15(3,4)9-7-11/h10-12H,5-9,16H2,1-4H3. The first-order valence-electron chi connectivity index (χ1n) is 7.52. The molecule has 2 rings (SSSR count). The topological polar surface area (TPSA) is 64.9 Å². The van der Waals surface area contributed by atoms with Gasteiger partial charge in [-0.1, -0.05) is 32.9 Å². The normalized spacial score (nSPS) is 23.2. The zero-order valence-electron chi connectivity index (χ0n) is 12.6. The van der Waals surface area contributed by atoms with Crippen molar-refractivity contribution in [2.45, 2.75) is 77.7 Å². The van der Waals surface area contributed by atoms with Crippen molar-refractivity contribution in [2.75, 3.05) is 0 Å². The minimum Gasteiger partial charge on any atom is -0.339 e. The number of hydrogen-bond donors (Lipinski definition) is 1. The van der Waals surface area contributed by atoms with E-state index < -0.39 is 0 Å². The minimum atomic E-state index is 0.0959. The third-order valence-corrected chi connectivity index (χ3v) is 4.66. The summed E-state index contributed by atoms with van der Waals surface area (Å²) in [5.41, 5.74) is 6.52. The van der Waals surface area contributed by atoms with Gasteiger partial charge in [0.25, 0.3) is 0 Å². The van der Waals surface area contributed by atoms with Crippen molar-refractivity contribution < 1.29 is 4.52 Å². The second kappa shape index (κ2) is 5.61. The molecule has 1 heterocycles. The Kier molecular flexibility index (Phi) is 4.29. The zero-order valence-corrected chi connectivity index (χ0v) is 12.6. The molecule has 1 fully saturated rings. The fourth-order valence-electron chi connectivity index (χ4n) is 2.79. The SMILES string of the molecule is CCC(N)C(C)c1nc(C2CCC(C)(C)CC2)no1.